The molecule has 1 fully saturated rings. The number of nitrogens with one attached hydrogen (secondary N) is 1. The summed E-state index contributed by atoms with van der Waals surface area (Å²) < 4.78 is 7.27. The molecule has 176 valence electrons. The lowest BCUT2D eigenvalue weighted by Gasteiger charge is -2.33. The zero-order valence-electron chi connectivity index (χ0n) is 20.1. The van der Waals surface area contributed by atoms with Gasteiger partial charge in [0.15, 0.2) is 5.65 Å². The van der Waals surface area contributed by atoms with Crippen LogP contribution in [0.3, 0.4) is 0 Å². The Balaban J connectivity index is 1.36. The molecule has 1 aliphatic heterocycles. The molecule has 3 aromatic rings. The predicted molar refractivity (Wildman–Crippen MR) is 127 cm³/mol. The normalized spacial score (nSPS) is 15.3. The van der Waals surface area contributed by atoms with Gasteiger partial charge in [-0.2, -0.15) is 5.10 Å². The summed E-state index contributed by atoms with van der Waals surface area (Å²) in [6.07, 6.45) is 7.15. The number of anilines is 1. The van der Waals surface area contributed by atoms with Crippen LogP contribution in [-0.4, -0.2) is 60.8 Å². The van der Waals surface area contributed by atoms with E-state index < -0.39 is 5.60 Å². The molecule has 1 amide bonds. The summed E-state index contributed by atoms with van der Waals surface area (Å²) in [7, 11) is 0. The molecule has 0 aliphatic carbocycles. The largest absolute Gasteiger partial charge is 0.444 e. The van der Waals surface area contributed by atoms with E-state index in [0.717, 1.165) is 42.0 Å². The van der Waals surface area contributed by atoms with Crippen LogP contribution >= 0.6 is 0 Å². The fraction of sp³-hybridized carbons (Fsp3) is 0.542. The fourth-order valence-electron chi connectivity index (χ4n) is 3.90. The number of ether oxygens (including phenoxy) is 1. The van der Waals surface area contributed by atoms with Gasteiger partial charge in [-0.3, -0.25) is 0 Å². The van der Waals surface area contributed by atoms with Crippen LogP contribution in [0.4, 0.5) is 10.7 Å². The molecule has 9 nitrogen and oxygen atoms in total. The average Bonchev–Trinajstić information content (AvgIpc) is 3.21. The third-order valence-corrected chi connectivity index (χ3v) is 5.75. The van der Waals surface area contributed by atoms with Crippen molar-refractivity contribution in [1.82, 2.24) is 29.5 Å². The van der Waals surface area contributed by atoms with Crippen molar-refractivity contribution < 1.29 is 9.53 Å². The smallest absolute Gasteiger partial charge is 0.410 e. The third-order valence-electron chi connectivity index (χ3n) is 5.75. The van der Waals surface area contributed by atoms with E-state index >= 15 is 0 Å². The minimum absolute atomic E-state index is 0.228. The Morgan fingerprint density at radius 2 is 1.91 bits per heavy atom. The zero-order valence-corrected chi connectivity index (χ0v) is 20.1. The highest BCUT2D eigenvalue weighted by Gasteiger charge is 2.26. The highest BCUT2D eigenvalue weighted by atomic mass is 16.6. The van der Waals surface area contributed by atoms with Crippen LogP contribution in [0.1, 0.15) is 58.9 Å². The topological polar surface area (TPSA) is 97.5 Å². The molecule has 9 heteroatoms. The van der Waals surface area contributed by atoms with Crippen molar-refractivity contribution in [2.45, 2.75) is 59.0 Å². The first kappa shape index (κ1) is 22.9. The molecule has 0 atom stereocenters. The first-order valence-electron chi connectivity index (χ1n) is 11.6. The molecule has 0 spiro atoms. The number of fused-ring (bicyclic) bond motifs is 1. The van der Waals surface area contributed by atoms with Crippen molar-refractivity contribution in [1.29, 1.82) is 0 Å². The van der Waals surface area contributed by atoms with Gasteiger partial charge in [-0.05, 0) is 57.6 Å². The molecule has 4 rings (SSSR count). The van der Waals surface area contributed by atoms with E-state index in [9.17, 15) is 4.79 Å². The molecule has 0 bridgehead atoms. The molecular formula is C24H33N7O2. The van der Waals surface area contributed by atoms with Gasteiger partial charge in [0.05, 0.1) is 17.6 Å². The molecule has 3 aromatic heterocycles. The Bertz CT molecular complexity index is 1110. The van der Waals surface area contributed by atoms with Crippen molar-refractivity contribution in [2.24, 2.45) is 5.92 Å². The maximum absolute atomic E-state index is 12.3. The van der Waals surface area contributed by atoms with Gasteiger partial charge < -0.3 is 15.0 Å². The number of amides is 1. The standard InChI is InChI=1S/C24H33N7O2/c1-16(2)18-15-27-31-13-9-20(28-21(18)31)19-6-10-25-22(29-19)26-14-17-7-11-30(12-8-17)23(32)33-24(3,4)5/h6,9-10,13,15-17H,7-8,11-12,14H2,1-5H3,(H,25,26,29). The van der Waals surface area contributed by atoms with Gasteiger partial charge in [0.25, 0.3) is 0 Å². The van der Waals surface area contributed by atoms with Crippen LogP contribution in [-0.2, 0) is 4.74 Å². The summed E-state index contributed by atoms with van der Waals surface area (Å²) in [6.45, 7) is 12.1. The second kappa shape index (κ2) is 9.33. The van der Waals surface area contributed by atoms with Gasteiger partial charge in [-0.25, -0.2) is 24.3 Å². The molecule has 33 heavy (non-hydrogen) atoms. The lowest BCUT2D eigenvalue weighted by molar-refractivity contribution is 0.0188. The van der Waals surface area contributed by atoms with E-state index in [0.29, 0.717) is 30.9 Å². The Hall–Kier alpha value is -3.23. The van der Waals surface area contributed by atoms with Gasteiger partial charge in [-0.1, -0.05) is 13.8 Å². The van der Waals surface area contributed by atoms with E-state index in [1.54, 1.807) is 15.6 Å². The van der Waals surface area contributed by atoms with E-state index in [-0.39, 0.29) is 6.09 Å². The average molecular weight is 452 g/mol. The second-order valence-electron chi connectivity index (χ2n) is 9.89. The van der Waals surface area contributed by atoms with Crippen molar-refractivity contribution in [3.63, 3.8) is 0 Å². The predicted octanol–water partition coefficient (Wildman–Crippen LogP) is 4.37. The van der Waals surface area contributed by atoms with Gasteiger partial charge in [0.2, 0.25) is 5.95 Å². The SMILES string of the molecule is CC(C)c1cnn2ccc(-c3ccnc(NCC4CCN(C(=O)OC(C)(C)C)CC4)n3)nc12. The number of hydrogen-bond donors (Lipinski definition) is 1. The number of piperidine rings is 1. The molecular weight excluding hydrogens is 418 g/mol. The summed E-state index contributed by atoms with van der Waals surface area (Å²) in [6, 6.07) is 3.79. The number of carbonyl (C=O) groups excluding carboxylic acids is 1. The first-order valence-corrected chi connectivity index (χ1v) is 11.6. The van der Waals surface area contributed by atoms with Crippen molar-refractivity contribution >= 4 is 17.7 Å². The number of hydrogen-bond acceptors (Lipinski definition) is 7. The molecule has 1 aliphatic rings. The van der Waals surface area contributed by atoms with E-state index in [2.05, 4.69) is 34.2 Å². The molecule has 0 unspecified atom stereocenters. The number of rotatable bonds is 5. The molecule has 0 saturated carbocycles. The van der Waals surface area contributed by atoms with Crippen molar-refractivity contribution in [3.05, 3.63) is 36.3 Å². The summed E-state index contributed by atoms with van der Waals surface area (Å²) >= 11 is 0. The van der Waals surface area contributed by atoms with Crippen LogP contribution < -0.4 is 5.32 Å². The van der Waals surface area contributed by atoms with Crippen LogP contribution in [0.5, 0.6) is 0 Å². The van der Waals surface area contributed by atoms with E-state index in [1.165, 1.54) is 0 Å². The van der Waals surface area contributed by atoms with Gasteiger partial charge >= 0.3 is 6.09 Å². The Labute approximate surface area is 194 Å². The zero-order chi connectivity index (χ0) is 23.6. The number of nitrogens with zero attached hydrogens (tertiary/aromatic N) is 6. The summed E-state index contributed by atoms with van der Waals surface area (Å²) in [4.78, 5) is 27.9. The van der Waals surface area contributed by atoms with E-state index in [4.69, 9.17) is 9.72 Å². The van der Waals surface area contributed by atoms with Crippen molar-refractivity contribution in [2.75, 3.05) is 25.0 Å². The number of carbonyl (C=O) groups is 1. The first-order chi connectivity index (χ1) is 15.7. The maximum atomic E-state index is 12.3. The summed E-state index contributed by atoms with van der Waals surface area (Å²) in [5.74, 6) is 1.38. The van der Waals surface area contributed by atoms with Gasteiger partial charge in [0, 0.05) is 37.6 Å². The monoisotopic (exact) mass is 451 g/mol. The van der Waals surface area contributed by atoms with Crippen LogP contribution in [0.15, 0.2) is 30.7 Å². The second-order valence-corrected chi connectivity index (χ2v) is 9.89. The van der Waals surface area contributed by atoms with Crippen LogP contribution in [0, 0.1) is 5.92 Å². The Kier molecular flexibility index (Phi) is 6.49. The maximum Gasteiger partial charge on any atom is 0.410 e. The highest BCUT2D eigenvalue weighted by molar-refractivity contribution is 5.68. The number of likely N-dealkylation sites (tertiary alicyclic amines) is 1. The molecule has 0 aromatic carbocycles. The summed E-state index contributed by atoms with van der Waals surface area (Å²) in [5, 5.41) is 7.75. The van der Waals surface area contributed by atoms with Crippen LogP contribution in [0.25, 0.3) is 17.0 Å². The Morgan fingerprint density at radius 1 is 1.18 bits per heavy atom. The quantitative estimate of drug-likeness (QED) is 0.615. The van der Waals surface area contributed by atoms with Crippen molar-refractivity contribution in [3.8, 4) is 11.4 Å². The van der Waals surface area contributed by atoms with Crippen LogP contribution in [0.2, 0.25) is 0 Å². The van der Waals surface area contributed by atoms with Gasteiger partial charge in [-0.15, -0.1) is 0 Å². The Morgan fingerprint density at radius 3 is 2.61 bits per heavy atom. The number of aromatic nitrogens is 5. The molecule has 1 saturated heterocycles. The lowest BCUT2D eigenvalue weighted by Crippen LogP contribution is -2.42. The lowest BCUT2D eigenvalue weighted by atomic mass is 9.97. The molecule has 0 radical (unpaired) electrons. The fourth-order valence-corrected chi connectivity index (χ4v) is 3.90. The summed E-state index contributed by atoms with van der Waals surface area (Å²) in [5.41, 5.74) is 3.06. The third kappa shape index (κ3) is 5.58. The highest BCUT2D eigenvalue weighted by Crippen LogP contribution is 2.23. The molecule has 1 N–H and O–H groups in total. The van der Waals surface area contributed by atoms with Gasteiger partial charge in [0.1, 0.15) is 5.60 Å². The molecule has 4 heterocycles. The van der Waals surface area contributed by atoms with E-state index in [1.807, 2.05) is 45.3 Å². The minimum atomic E-state index is -0.467. The minimum Gasteiger partial charge on any atom is -0.444 e.